The second-order valence-electron chi connectivity index (χ2n) is 7.83. The molecule has 1 aromatic carbocycles. The number of hydrogen-bond donors (Lipinski definition) is 0. The molecule has 0 spiro atoms. The molecule has 26 heavy (non-hydrogen) atoms. The van der Waals surface area contributed by atoms with E-state index in [1.807, 2.05) is 0 Å². The highest BCUT2D eigenvalue weighted by molar-refractivity contribution is 5.52. The molecule has 0 radical (unpaired) electrons. The maximum absolute atomic E-state index is 11.2. The fourth-order valence-electron chi connectivity index (χ4n) is 4.88. The summed E-state index contributed by atoms with van der Waals surface area (Å²) in [6.45, 7) is 6.79. The van der Waals surface area contributed by atoms with Crippen molar-refractivity contribution >= 4 is 6.29 Å². The normalized spacial score (nSPS) is 27.1. The smallest absolute Gasteiger partial charge is 0.133 e. The first-order valence-electron chi connectivity index (χ1n) is 10.2. The van der Waals surface area contributed by atoms with E-state index >= 15 is 0 Å². The average Bonchev–Trinajstić information content (AvgIpc) is 3.36. The molecule has 4 rings (SSSR count). The lowest BCUT2D eigenvalue weighted by Crippen LogP contribution is -2.39. The van der Waals surface area contributed by atoms with Crippen LogP contribution in [0.5, 0.6) is 5.75 Å². The van der Waals surface area contributed by atoms with Crippen LogP contribution >= 0.6 is 0 Å². The van der Waals surface area contributed by atoms with Crippen LogP contribution in [0, 0.1) is 0 Å². The Morgan fingerprint density at radius 2 is 2.23 bits per heavy atom. The number of carbonyl (C=O) groups is 1. The van der Waals surface area contributed by atoms with Gasteiger partial charge in [0.15, 0.2) is 0 Å². The van der Waals surface area contributed by atoms with Gasteiger partial charge >= 0.3 is 0 Å². The summed E-state index contributed by atoms with van der Waals surface area (Å²) in [5.74, 6) is 1.58. The van der Waals surface area contributed by atoms with Gasteiger partial charge in [0.1, 0.15) is 12.0 Å². The second kappa shape index (κ2) is 7.83. The van der Waals surface area contributed by atoms with E-state index in [1.54, 1.807) is 0 Å². The summed E-state index contributed by atoms with van der Waals surface area (Å²) < 4.78 is 5.65. The molecule has 2 atom stereocenters. The SMILES string of the molecule is CC/C=C1/CCCN1CC1CC(c2ccc3c(c2)CCO3)CN1CC=O. The molecule has 0 aromatic heterocycles. The van der Waals surface area contributed by atoms with Crippen molar-refractivity contribution in [3.05, 3.63) is 41.1 Å². The number of ether oxygens (including phenoxy) is 1. The zero-order valence-electron chi connectivity index (χ0n) is 15.8. The van der Waals surface area contributed by atoms with Gasteiger partial charge in [-0.25, -0.2) is 0 Å². The van der Waals surface area contributed by atoms with Crippen molar-refractivity contribution in [1.29, 1.82) is 0 Å². The Balaban J connectivity index is 1.48. The number of carbonyl (C=O) groups excluding carboxylic acids is 1. The Labute approximate surface area is 156 Å². The van der Waals surface area contributed by atoms with Gasteiger partial charge in [0.05, 0.1) is 13.2 Å². The van der Waals surface area contributed by atoms with E-state index in [2.05, 4.69) is 41.0 Å². The monoisotopic (exact) mass is 354 g/mol. The van der Waals surface area contributed by atoms with Crippen LogP contribution in [0.1, 0.15) is 49.7 Å². The molecule has 0 amide bonds. The third kappa shape index (κ3) is 3.52. The molecule has 0 N–H and O–H groups in total. The van der Waals surface area contributed by atoms with Crippen molar-refractivity contribution in [2.75, 3.05) is 32.8 Å². The van der Waals surface area contributed by atoms with Crippen LogP contribution in [0.3, 0.4) is 0 Å². The van der Waals surface area contributed by atoms with E-state index in [9.17, 15) is 4.79 Å². The summed E-state index contributed by atoms with van der Waals surface area (Å²) in [6.07, 6.45) is 9.19. The maximum atomic E-state index is 11.2. The van der Waals surface area contributed by atoms with E-state index in [4.69, 9.17) is 4.74 Å². The van der Waals surface area contributed by atoms with Crippen LogP contribution in [0.15, 0.2) is 30.0 Å². The highest BCUT2D eigenvalue weighted by Gasteiger charge is 2.35. The molecular weight excluding hydrogens is 324 g/mol. The molecule has 2 unspecified atom stereocenters. The first kappa shape index (κ1) is 17.6. The molecule has 0 aliphatic carbocycles. The molecule has 0 bridgehead atoms. The van der Waals surface area contributed by atoms with Crippen molar-refractivity contribution in [3.8, 4) is 5.75 Å². The molecule has 2 saturated heterocycles. The third-order valence-electron chi connectivity index (χ3n) is 6.16. The van der Waals surface area contributed by atoms with E-state index in [1.165, 1.54) is 29.7 Å². The number of rotatable bonds is 6. The van der Waals surface area contributed by atoms with Crippen molar-refractivity contribution < 1.29 is 9.53 Å². The number of aldehydes is 1. The Hall–Kier alpha value is -1.81. The van der Waals surface area contributed by atoms with Gasteiger partial charge in [-0.3, -0.25) is 4.90 Å². The molecule has 3 aliphatic heterocycles. The number of hydrogen-bond acceptors (Lipinski definition) is 4. The van der Waals surface area contributed by atoms with E-state index in [0.717, 1.165) is 57.5 Å². The zero-order valence-corrected chi connectivity index (χ0v) is 15.8. The second-order valence-corrected chi connectivity index (χ2v) is 7.83. The van der Waals surface area contributed by atoms with Crippen LogP contribution < -0.4 is 4.74 Å². The zero-order chi connectivity index (χ0) is 17.9. The molecular formula is C22H30N2O2. The molecule has 0 saturated carbocycles. The predicted molar refractivity (Wildman–Crippen MR) is 104 cm³/mol. The first-order chi connectivity index (χ1) is 12.8. The number of likely N-dealkylation sites (tertiary alicyclic amines) is 2. The molecule has 1 aromatic rings. The van der Waals surface area contributed by atoms with Gasteiger partial charge in [-0.2, -0.15) is 0 Å². The van der Waals surface area contributed by atoms with E-state index in [-0.39, 0.29) is 0 Å². The first-order valence-corrected chi connectivity index (χ1v) is 10.2. The van der Waals surface area contributed by atoms with Crippen LogP contribution in [0.25, 0.3) is 0 Å². The Morgan fingerprint density at radius 3 is 3.08 bits per heavy atom. The Morgan fingerprint density at radius 1 is 1.31 bits per heavy atom. The molecule has 4 heteroatoms. The minimum Gasteiger partial charge on any atom is -0.493 e. The van der Waals surface area contributed by atoms with E-state index in [0.29, 0.717) is 18.5 Å². The lowest BCUT2D eigenvalue weighted by molar-refractivity contribution is -0.109. The fourth-order valence-corrected chi connectivity index (χ4v) is 4.88. The Bertz CT molecular complexity index is 685. The fraction of sp³-hybridized carbons (Fsp3) is 0.591. The summed E-state index contributed by atoms with van der Waals surface area (Å²) in [6, 6.07) is 7.17. The number of fused-ring (bicyclic) bond motifs is 1. The van der Waals surface area contributed by atoms with Crippen molar-refractivity contribution in [1.82, 2.24) is 9.80 Å². The summed E-state index contributed by atoms with van der Waals surface area (Å²) >= 11 is 0. The summed E-state index contributed by atoms with van der Waals surface area (Å²) in [7, 11) is 0. The van der Waals surface area contributed by atoms with Gasteiger partial charge in [-0.1, -0.05) is 25.1 Å². The lowest BCUT2D eigenvalue weighted by Gasteiger charge is -2.29. The van der Waals surface area contributed by atoms with Gasteiger partial charge in [-0.05, 0) is 48.8 Å². The van der Waals surface area contributed by atoms with Crippen molar-refractivity contribution in [2.24, 2.45) is 0 Å². The molecule has 4 nitrogen and oxygen atoms in total. The molecule has 140 valence electrons. The van der Waals surface area contributed by atoms with Crippen molar-refractivity contribution in [2.45, 2.75) is 51.0 Å². The van der Waals surface area contributed by atoms with Crippen LogP contribution in [-0.2, 0) is 11.2 Å². The minimum absolute atomic E-state index is 0.466. The predicted octanol–water partition coefficient (Wildman–Crippen LogP) is 3.37. The van der Waals surface area contributed by atoms with Crippen LogP contribution in [0.4, 0.5) is 0 Å². The number of benzene rings is 1. The average molecular weight is 354 g/mol. The maximum Gasteiger partial charge on any atom is 0.133 e. The third-order valence-corrected chi connectivity index (χ3v) is 6.16. The van der Waals surface area contributed by atoms with Gasteiger partial charge in [-0.15, -0.1) is 0 Å². The molecule has 3 heterocycles. The largest absolute Gasteiger partial charge is 0.493 e. The van der Waals surface area contributed by atoms with Crippen molar-refractivity contribution in [3.63, 3.8) is 0 Å². The number of nitrogens with zero attached hydrogens (tertiary/aromatic N) is 2. The lowest BCUT2D eigenvalue weighted by atomic mass is 9.94. The number of allylic oxidation sites excluding steroid dienone is 2. The highest BCUT2D eigenvalue weighted by atomic mass is 16.5. The quantitative estimate of drug-likeness (QED) is 0.734. The topological polar surface area (TPSA) is 32.8 Å². The van der Waals surface area contributed by atoms with Crippen LogP contribution in [0.2, 0.25) is 0 Å². The summed E-state index contributed by atoms with van der Waals surface area (Å²) in [5, 5.41) is 0. The van der Waals surface area contributed by atoms with Gasteiger partial charge in [0, 0.05) is 37.8 Å². The van der Waals surface area contributed by atoms with E-state index < -0.39 is 0 Å². The van der Waals surface area contributed by atoms with Crippen LogP contribution in [-0.4, -0.2) is 54.9 Å². The molecule has 3 aliphatic rings. The highest BCUT2D eigenvalue weighted by Crippen LogP contribution is 2.36. The standard InChI is InChI=1S/C22H30N2O2/c1-2-4-20-5-3-9-23(20)16-21-14-19(15-24(21)10-11-25)17-6-7-22-18(13-17)8-12-26-22/h4,6-7,11,13,19,21H,2-3,5,8-10,12,14-16H2,1H3/b20-4-. The van der Waals surface area contributed by atoms with Gasteiger partial charge in [0.25, 0.3) is 0 Å². The van der Waals surface area contributed by atoms with Gasteiger partial charge in [0.2, 0.25) is 0 Å². The summed E-state index contributed by atoms with van der Waals surface area (Å²) in [4.78, 5) is 16.2. The Kier molecular flexibility index (Phi) is 5.30. The minimum atomic E-state index is 0.466. The summed E-state index contributed by atoms with van der Waals surface area (Å²) in [5.41, 5.74) is 4.27. The van der Waals surface area contributed by atoms with Gasteiger partial charge < -0.3 is 14.4 Å². The molecule has 2 fully saturated rings.